The Labute approximate surface area is 142 Å². The fraction of sp³-hybridized carbons (Fsp3) is 0.250. The quantitative estimate of drug-likeness (QED) is 0.771. The second kappa shape index (κ2) is 6.83. The third-order valence-electron chi connectivity index (χ3n) is 3.65. The van der Waals surface area contributed by atoms with E-state index in [1.165, 1.54) is 18.3 Å². The molecule has 0 N–H and O–H groups in total. The summed E-state index contributed by atoms with van der Waals surface area (Å²) in [6.07, 6.45) is 2.63. The number of halogens is 3. The number of nitrogens with zero attached hydrogens (tertiary/aromatic N) is 2. The van der Waals surface area contributed by atoms with Gasteiger partial charge in [-0.1, -0.05) is 23.2 Å². The summed E-state index contributed by atoms with van der Waals surface area (Å²) in [6.45, 7) is 1.09. The summed E-state index contributed by atoms with van der Waals surface area (Å²) in [7, 11) is 0. The summed E-state index contributed by atoms with van der Waals surface area (Å²) in [6, 6.07) is 6.01. The van der Waals surface area contributed by atoms with Crippen molar-refractivity contribution < 1.29 is 13.9 Å². The van der Waals surface area contributed by atoms with Gasteiger partial charge < -0.3 is 9.64 Å². The highest BCUT2D eigenvalue weighted by Gasteiger charge is 2.28. The zero-order valence-electron chi connectivity index (χ0n) is 12.0. The van der Waals surface area contributed by atoms with Crippen molar-refractivity contribution in [2.75, 3.05) is 19.7 Å². The van der Waals surface area contributed by atoms with E-state index in [0.717, 1.165) is 0 Å². The van der Waals surface area contributed by atoms with Crippen molar-refractivity contribution in [1.29, 1.82) is 0 Å². The molecule has 4 nitrogen and oxygen atoms in total. The van der Waals surface area contributed by atoms with Crippen molar-refractivity contribution in [2.24, 2.45) is 0 Å². The van der Waals surface area contributed by atoms with Crippen LogP contribution in [0.3, 0.4) is 0 Å². The molecule has 0 radical (unpaired) electrons. The molecule has 3 rings (SSSR count). The zero-order chi connectivity index (χ0) is 16.4. The van der Waals surface area contributed by atoms with Gasteiger partial charge in [0.25, 0.3) is 5.91 Å². The molecule has 1 saturated heterocycles. The predicted octanol–water partition coefficient (Wildman–Crippen LogP) is 3.74. The summed E-state index contributed by atoms with van der Waals surface area (Å²) in [4.78, 5) is 18.1. The van der Waals surface area contributed by atoms with E-state index in [1.807, 2.05) is 0 Å². The number of morpholine rings is 1. The van der Waals surface area contributed by atoms with Crippen LogP contribution < -0.4 is 0 Å². The maximum Gasteiger partial charge on any atom is 0.255 e. The number of ether oxygens (including phenoxy) is 1. The first-order valence-corrected chi connectivity index (χ1v) is 7.77. The summed E-state index contributed by atoms with van der Waals surface area (Å²) in [5, 5.41) is 0.273. The van der Waals surface area contributed by atoms with Crippen LogP contribution in [0, 0.1) is 5.82 Å². The average Bonchev–Trinajstić information content (AvgIpc) is 2.58. The van der Waals surface area contributed by atoms with Crippen molar-refractivity contribution in [3.05, 3.63) is 63.6 Å². The Morgan fingerprint density at radius 3 is 2.91 bits per heavy atom. The smallest absolute Gasteiger partial charge is 0.255 e. The molecule has 1 unspecified atom stereocenters. The number of aromatic nitrogens is 1. The second-order valence-electron chi connectivity index (χ2n) is 5.14. The minimum Gasteiger partial charge on any atom is -0.370 e. The standard InChI is InChI=1S/C16H13Cl2FN2O2/c17-12-7-13(18)14(19)6-11(12)15-9-21(4-5-23-15)16(22)10-2-1-3-20-8-10/h1-3,6-8,15H,4-5,9H2. The van der Waals surface area contributed by atoms with E-state index >= 15 is 0 Å². The molecule has 1 fully saturated rings. The maximum atomic E-state index is 13.7. The first-order chi connectivity index (χ1) is 11.1. The highest BCUT2D eigenvalue weighted by atomic mass is 35.5. The lowest BCUT2D eigenvalue weighted by molar-refractivity contribution is -0.0229. The lowest BCUT2D eigenvalue weighted by atomic mass is 10.1. The zero-order valence-corrected chi connectivity index (χ0v) is 13.5. The van der Waals surface area contributed by atoms with Gasteiger partial charge in [-0.3, -0.25) is 9.78 Å². The fourth-order valence-corrected chi connectivity index (χ4v) is 2.98. The highest BCUT2D eigenvalue weighted by Crippen LogP contribution is 2.32. The van der Waals surface area contributed by atoms with Crippen LogP contribution >= 0.6 is 23.2 Å². The number of pyridine rings is 1. The molecule has 2 aromatic rings. The average molecular weight is 355 g/mol. The Morgan fingerprint density at radius 1 is 1.35 bits per heavy atom. The maximum absolute atomic E-state index is 13.7. The molecule has 0 aliphatic carbocycles. The van der Waals surface area contributed by atoms with Crippen LogP contribution in [-0.2, 0) is 4.74 Å². The Hall–Kier alpha value is -1.69. The summed E-state index contributed by atoms with van der Waals surface area (Å²) < 4.78 is 19.4. The first-order valence-electron chi connectivity index (χ1n) is 7.01. The van der Waals surface area contributed by atoms with Gasteiger partial charge in [0.05, 0.1) is 23.7 Å². The van der Waals surface area contributed by atoms with Gasteiger partial charge in [-0.15, -0.1) is 0 Å². The molecule has 1 aliphatic heterocycles. The molecule has 2 heterocycles. The molecule has 1 aromatic heterocycles. The van der Waals surface area contributed by atoms with Gasteiger partial charge in [-0.2, -0.15) is 0 Å². The van der Waals surface area contributed by atoms with Crippen LogP contribution in [0.2, 0.25) is 10.0 Å². The fourth-order valence-electron chi connectivity index (χ4n) is 2.48. The van der Waals surface area contributed by atoms with E-state index in [2.05, 4.69) is 4.98 Å². The van der Waals surface area contributed by atoms with E-state index in [-0.39, 0.29) is 17.5 Å². The molecule has 1 atom stereocenters. The molecule has 7 heteroatoms. The van der Waals surface area contributed by atoms with Gasteiger partial charge in [0, 0.05) is 29.5 Å². The lowest BCUT2D eigenvalue weighted by Gasteiger charge is -2.33. The number of hydrogen-bond acceptors (Lipinski definition) is 3. The van der Waals surface area contributed by atoms with Gasteiger partial charge >= 0.3 is 0 Å². The summed E-state index contributed by atoms with van der Waals surface area (Å²) in [5.41, 5.74) is 0.985. The number of rotatable bonds is 2. The Kier molecular flexibility index (Phi) is 4.80. The molecule has 120 valence electrons. The molecule has 0 bridgehead atoms. The Balaban J connectivity index is 1.81. The van der Waals surface area contributed by atoms with Gasteiger partial charge in [-0.05, 0) is 24.3 Å². The van der Waals surface area contributed by atoms with Crippen molar-refractivity contribution in [1.82, 2.24) is 9.88 Å². The van der Waals surface area contributed by atoms with Crippen molar-refractivity contribution >= 4 is 29.1 Å². The minimum absolute atomic E-state index is 0.0437. The Bertz CT molecular complexity index is 728. The van der Waals surface area contributed by atoms with Gasteiger partial charge in [0.15, 0.2) is 0 Å². The molecule has 1 amide bonds. The number of hydrogen-bond donors (Lipinski definition) is 0. The third-order valence-corrected chi connectivity index (χ3v) is 4.27. The van der Waals surface area contributed by atoms with Crippen LogP contribution in [0.5, 0.6) is 0 Å². The molecule has 1 aromatic carbocycles. The predicted molar refractivity (Wildman–Crippen MR) is 85.3 cm³/mol. The first kappa shape index (κ1) is 16.2. The second-order valence-corrected chi connectivity index (χ2v) is 5.95. The van der Waals surface area contributed by atoms with Crippen LogP contribution in [-0.4, -0.2) is 35.5 Å². The number of carbonyl (C=O) groups excluding carboxylic acids is 1. The van der Waals surface area contributed by atoms with Crippen molar-refractivity contribution in [2.45, 2.75) is 6.10 Å². The third kappa shape index (κ3) is 3.47. The van der Waals surface area contributed by atoms with Gasteiger partial charge in [-0.25, -0.2) is 4.39 Å². The molecular formula is C16H13Cl2FN2O2. The molecular weight excluding hydrogens is 342 g/mol. The molecule has 23 heavy (non-hydrogen) atoms. The largest absolute Gasteiger partial charge is 0.370 e. The van der Waals surface area contributed by atoms with Crippen LogP contribution in [0.1, 0.15) is 22.0 Å². The number of amides is 1. The van der Waals surface area contributed by atoms with E-state index < -0.39 is 11.9 Å². The summed E-state index contributed by atoms with van der Waals surface area (Å²) >= 11 is 11.8. The highest BCUT2D eigenvalue weighted by molar-refractivity contribution is 6.35. The topological polar surface area (TPSA) is 42.4 Å². The monoisotopic (exact) mass is 354 g/mol. The van der Waals surface area contributed by atoms with Gasteiger partial charge in [0.2, 0.25) is 0 Å². The molecule has 0 spiro atoms. The SMILES string of the molecule is O=C(c1cccnc1)N1CCOC(c2cc(F)c(Cl)cc2Cl)C1. The van der Waals surface area contributed by atoms with E-state index in [9.17, 15) is 9.18 Å². The van der Waals surface area contributed by atoms with E-state index in [4.69, 9.17) is 27.9 Å². The number of carbonyl (C=O) groups is 1. The van der Waals surface area contributed by atoms with E-state index in [1.54, 1.807) is 23.2 Å². The van der Waals surface area contributed by atoms with Crippen LogP contribution in [0.4, 0.5) is 4.39 Å². The van der Waals surface area contributed by atoms with Crippen LogP contribution in [0.25, 0.3) is 0 Å². The number of benzene rings is 1. The lowest BCUT2D eigenvalue weighted by Crippen LogP contribution is -2.42. The summed E-state index contributed by atoms with van der Waals surface area (Å²) in [5.74, 6) is -0.706. The van der Waals surface area contributed by atoms with Crippen molar-refractivity contribution in [3.8, 4) is 0 Å². The van der Waals surface area contributed by atoms with E-state index in [0.29, 0.717) is 29.3 Å². The van der Waals surface area contributed by atoms with Crippen molar-refractivity contribution in [3.63, 3.8) is 0 Å². The Morgan fingerprint density at radius 2 is 2.17 bits per heavy atom. The molecule has 0 saturated carbocycles. The normalized spacial score (nSPS) is 18.0. The van der Waals surface area contributed by atoms with Crippen LogP contribution in [0.15, 0.2) is 36.7 Å². The van der Waals surface area contributed by atoms with Gasteiger partial charge in [0.1, 0.15) is 11.9 Å². The minimum atomic E-state index is -0.564. The molecule has 1 aliphatic rings.